The van der Waals surface area contributed by atoms with Crippen molar-refractivity contribution in [2.75, 3.05) is 13.6 Å². The zero-order valence-electron chi connectivity index (χ0n) is 10.8. The van der Waals surface area contributed by atoms with Crippen molar-refractivity contribution in [2.45, 2.75) is 70.0 Å². The number of rotatable bonds is 3. The molecule has 0 aromatic heterocycles. The van der Waals surface area contributed by atoms with Gasteiger partial charge in [0.2, 0.25) is 0 Å². The summed E-state index contributed by atoms with van der Waals surface area (Å²) in [5.41, 5.74) is 0.695. The zero-order valence-corrected chi connectivity index (χ0v) is 10.8. The minimum Gasteiger partial charge on any atom is -0.317 e. The number of piperidine rings is 2. The van der Waals surface area contributed by atoms with Crippen molar-refractivity contribution in [2.24, 2.45) is 5.41 Å². The van der Waals surface area contributed by atoms with Crippen LogP contribution in [0.25, 0.3) is 0 Å². The van der Waals surface area contributed by atoms with Crippen molar-refractivity contribution in [3.63, 3.8) is 0 Å². The van der Waals surface area contributed by atoms with E-state index in [2.05, 4.69) is 24.2 Å². The Bertz CT molecular complexity index is 245. The molecule has 0 radical (unpaired) electrons. The average molecular weight is 222 g/mol. The third-order valence-corrected chi connectivity index (χ3v) is 5.20. The highest BCUT2D eigenvalue weighted by molar-refractivity contribution is 5.00. The number of hydrogen-bond acceptors (Lipinski definition) is 2. The molecular formula is C14H26N2. The highest BCUT2D eigenvalue weighted by Crippen LogP contribution is 2.48. The lowest BCUT2D eigenvalue weighted by atomic mass is 9.81. The minimum absolute atomic E-state index is 0.695. The Balaban J connectivity index is 1.68. The molecule has 2 bridgehead atoms. The molecule has 2 heterocycles. The van der Waals surface area contributed by atoms with Crippen LogP contribution in [0, 0.1) is 5.41 Å². The van der Waals surface area contributed by atoms with Crippen LogP contribution in [0.4, 0.5) is 0 Å². The first-order valence-corrected chi connectivity index (χ1v) is 7.13. The predicted molar refractivity (Wildman–Crippen MR) is 67.6 cm³/mol. The topological polar surface area (TPSA) is 15.3 Å². The Morgan fingerprint density at radius 3 is 2.31 bits per heavy atom. The fraction of sp³-hybridized carbons (Fsp3) is 1.00. The summed E-state index contributed by atoms with van der Waals surface area (Å²) in [5, 5.41) is 3.50. The molecule has 3 fully saturated rings. The zero-order chi connectivity index (χ0) is 11.2. The molecule has 2 aliphatic heterocycles. The molecule has 2 unspecified atom stereocenters. The number of fused-ring (bicyclic) bond motifs is 2. The third-order valence-electron chi connectivity index (χ3n) is 5.20. The van der Waals surface area contributed by atoms with Crippen molar-refractivity contribution in [1.82, 2.24) is 10.2 Å². The summed E-state index contributed by atoms with van der Waals surface area (Å²) < 4.78 is 0. The summed E-state index contributed by atoms with van der Waals surface area (Å²) >= 11 is 0. The summed E-state index contributed by atoms with van der Waals surface area (Å²) in [7, 11) is 2.14. The molecule has 2 atom stereocenters. The molecule has 92 valence electrons. The summed E-state index contributed by atoms with van der Waals surface area (Å²) in [5.74, 6) is 0. The van der Waals surface area contributed by atoms with Crippen LogP contribution < -0.4 is 5.32 Å². The van der Waals surface area contributed by atoms with Crippen molar-refractivity contribution < 1.29 is 0 Å². The number of hydrogen-bond donors (Lipinski definition) is 1. The van der Waals surface area contributed by atoms with Crippen LogP contribution in [0.1, 0.15) is 51.9 Å². The van der Waals surface area contributed by atoms with Gasteiger partial charge in [-0.1, -0.05) is 13.3 Å². The van der Waals surface area contributed by atoms with E-state index >= 15 is 0 Å². The van der Waals surface area contributed by atoms with Crippen molar-refractivity contribution in [3.8, 4) is 0 Å². The van der Waals surface area contributed by atoms with Crippen LogP contribution >= 0.6 is 0 Å². The molecule has 0 aromatic rings. The van der Waals surface area contributed by atoms with E-state index in [0.717, 1.165) is 18.1 Å². The molecule has 16 heavy (non-hydrogen) atoms. The van der Waals surface area contributed by atoms with E-state index in [0.29, 0.717) is 5.41 Å². The van der Waals surface area contributed by atoms with Crippen LogP contribution in [-0.4, -0.2) is 36.6 Å². The van der Waals surface area contributed by atoms with Gasteiger partial charge in [-0.05, 0) is 51.0 Å². The normalized spacial score (nSPS) is 42.0. The van der Waals surface area contributed by atoms with Gasteiger partial charge in [-0.3, -0.25) is 4.90 Å². The molecule has 2 saturated heterocycles. The molecule has 0 spiro atoms. The lowest BCUT2D eigenvalue weighted by Gasteiger charge is -2.50. The van der Waals surface area contributed by atoms with E-state index in [-0.39, 0.29) is 0 Å². The highest BCUT2D eigenvalue weighted by Gasteiger charge is 2.45. The number of nitrogens with zero attached hydrogens (tertiary/aromatic N) is 1. The Morgan fingerprint density at radius 2 is 1.81 bits per heavy atom. The van der Waals surface area contributed by atoms with Gasteiger partial charge in [0.05, 0.1) is 0 Å². The van der Waals surface area contributed by atoms with Crippen molar-refractivity contribution in [3.05, 3.63) is 0 Å². The fourth-order valence-corrected chi connectivity index (χ4v) is 3.78. The van der Waals surface area contributed by atoms with Crippen LogP contribution in [0.5, 0.6) is 0 Å². The van der Waals surface area contributed by atoms with Crippen LogP contribution in [-0.2, 0) is 0 Å². The second kappa shape index (κ2) is 3.99. The van der Waals surface area contributed by atoms with E-state index < -0.39 is 0 Å². The smallest absolute Gasteiger partial charge is 0.0113 e. The molecule has 2 heteroatoms. The van der Waals surface area contributed by atoms with Crippen molar-refractivity contribution in [1.29, 1.82) is 0 Å². The summed E-state index contributed by atoms with van der Waals surface area (Å²) in [6.45, 7) is 3.87. The standard InChI is InChI=1S/C14H26N2/c1-14(6-7-14)10-16-12-4-3-5-13(16)9-11(8-12)15-2/h11-13,15H,3-10H2,1-2H3. The molecule has 0 amide bonds. The lowest BCUT2D eigenvalue weighted by molar-refractivity contribution is 0.0119. The summed E-state index contributed by atoms with van der Waals surface area (Å²) in [6.07, 6.45) is 10.1. The Labute approximate surface area is 99.8 Å². The van der Waals surface area contributed by atoms with Gasteiger partial charge >= 0.3 is 0 Å². The first-order chi connectivity index (χ1) is 7.70. The second-order valence-corrected chi connectivity index (χ2v) is 6.68. The van der Waals surface area contributed by atoms with Gasteiger partial charge in [-0.25, -0.2) is 0 Å². The van der Waals surface area contributed by atoms with Gasteiger partial charge in [-0.2, -0.15) is 0 Å². The molecule has 0 aromatic carbocycles. The van der Waals surface area contributed by atoms with E-state index in [1.54, 1.807) is 0 Å². The average Bonchev–Trinajstić information content (AvgIpc) is 2.96. The molecule has 3 rings (SSSR count). The lowest BCUT2D eigenvalue weighted by Crippen LogP contribution is -2.56. The van der Waals surface area contributed by atoms with Gasteiger partial charge < -0.3 is 5.32 Å². The van der Waals surface area contributed by atoms with Gasteiger partial charge in [0.15, 0.2) is 0 Å². The Morgan fingerprint density at radius 1 is 1.19 bits per heavy atom. The summed E-state index contributed by atoms with van der Waals surface area (Å²) in [4.78, 5) is 2.88. The second-order valence-electron chi connectivity index (χ2n) is 6.68. The van der Waals surface area contributed by atoms with Gasteiger partial charge in [-0.15, -0.1) is 0 Å². The highest BCUT2D eigenvalue weighted by atomic mass is 15.2. The predicted octanol–water partition coefficient (Wildman–Crippen LogP) is 2.39. The fourth-order valence-electron chi connectivity index (χ4n) is 3.78. The minimum atomic E-state index is 0.695. The largest absolute Gasteiger partial charge is 0.317 e. The quantitative estimate of drug-likeness (QED) is 0.789. The SMILES string of the molecule is CNC1CC2CCCC(C1)N2CC1(C)CC1. The third kappa shape index (κ3) is 2.02. The van der Waals surface area contributed by atoms with Crippen molar-refractivity contribution >= 4 is 0 Å². The van der Waals surface area contributed by atoms with Crippen LogP contribution in [0.2, 0.25) is 0 Å². The Kier molecular flexibility index (Phi) is 2.75. The molecule has 3 aliphatic rings. The molecule has 1 N–H and O–H groups in total. The van der Waals surface area contributed by atoms with E-state index in [9.17, 15) is 0 Å². The van der Waals surface area contributed by atoms with E-state index in [1.807, 2.05) is 0 Å². The molecule has 1 aliphatic carbocycles. The van der Waals surface area contributed by atoms with Crippen LogP contribution in [0.3, 0.4) is 0 Å². The maximum absolute atomic E-state index is 3.50. The van der Waals surface area contributed by atoms with E-state index in [1.165, 1.54) is 51.5 Å². The van der Waals surface area contributed by atoms with Gasteiger partial charge in [0.1, 0.15) is 0 Å². The molecule has 1 saturated carbocycles. The molecular weight excluding hydrogens is 196 g/mol. The first-order valence-electron chi connectivity index (χ1n) is 7.13. The monoisotopic (exact) mass is 222 g/mol. The summed E-state index contributed by atoms with van der Waals surface area (Å²) in [6, 6.07) is 2.57. The maximum atomic E-state index is 3.50. The van der Waals surface area contributed by atoms with Crippen LogP contribution in [0.15, 0.2) is 0 Å². The van der Waals surface area contributed by atoms with Gasteiger partial charge in [0, 0.05) is 24.7 Å². The number of nitrogens with one attached hydrogen (secondary N) is 1. The maximum Gasteiger partial charge on any atom is 0.0113 e. The molecule has 2 nitrogen and oxygen atoms in total. The van der Waals surface area contributed by atoms with E-state index in [4.69, 9.17) is 0 Å². The first kappa shape index (κ1) is 11.0. The Hall–Kier alpha value is -0.0800. The van der Waals surface area contributed by atoms with Gasteiger partial charge in [0.25, 0.3) is 0 Å².